The molecule has 1 aliphatic rings. The second-order valence-electron chi connectivity index (χ2n) is 7.37. The van der Waals surface area contributed by atoms with Crippen LogP contribution in [0.3, 0.4) is 0 Å². The van der Waals surface area contributed by atoms with Crippen LogP contribution >= 0.6 is 0 Å². The number of aliphatic hydroxyl groups excluding tert-OH is 1. The molecule has 1 saturated carbocycles. The number of aliphatic hydroxyl groups is 1. The highest BCUT2D eigenvalue weighted by atomic mass is 16.5. The molecule has 2 heteroatoms. The molecule has 0 saturated heterocycles. The summed E-state index contributed by atoms with van der Waals surface area (Å²) in [6.07, 6.45) is 2.51. The molecule has 1 aromatic carbocycles. The monoisotopic (exact) mass is 276 g/mol. The van der Waals surface area contributed by atoms with E-state index in [9.17, 15) is 5.11 Å². The lowest BCUT2D eigenvalue weighted by Crippen LogP contribution is -2.37. The molecule has 1 aliphatic carbocycles. The van der Waals surface area contributed by atoms with Crippen LogP contribution in [0.1, 0.15) is 58.1 Å². The molecule has 2 nitrogen and oxygen atoms in total. The zero-order valence-corrected chi connectivity index (χ0v) is 13.4. The van der Waals surface area contributed by atoms with E-state index < -0.39 is 0 Å². The van der Waals surface area contributed by atoms with Gasteiger partial charge in [-0.1, -0.05) is 39.8 Å². The lowest BCUT2D eigenvalue weighted by molar-refractivity contribution is -0.00790. The van der Waals surface area contributed by atoms with Crippen LogP contribution in [-0.2, 0) is 5.41 Å². The van der Waals surface area contributed by atoms with Crippen molar-refractivity contribution in [2.75, 3.05) is 0 Å². The van der Waals surface area contributed by atoms with Crippen molar-refractivity contribution in [3.8, 4) is 5.75 Å². The summed E-state index contributed by atoms with van der Waals surface area (Å²) in [5, 5.41) is 10.1. The minimum atomic E-state index is -0.326. The van der Waals surface area contributed by atoms with E-state index in [1.54, 1.807) is 0 Å². The van der Waals surface area contributed by atoms with Crippen LogP contribution in [0.2, 0.25) is 0 Å². The van der Waals surface area contributed by atoms with Gasteiger partial charge in [-0.2, -0.15) is 0 Å². The number of ether oxygens (including phenoxy) is 1. The van der Waals surface area contributed by atoms with Crippen molar-refractivity contribution in [1.82, 2.24) is 0 Å². The predicted octanol–water partition coefficient (Wildman–Crippen LogP) is 4.22. The van der Waals surface area contributed by atoms with Gasteiger partial charge >= 0.3 is 0 Å². The van der Waals surface area contributed by atoms with Crippen LogP contribution in [0.25, 0.3) is 0 Å². The molecule has 3 atom stereocenters. The Morgan fingerprint density at radius 3 is 2.50 bits per heavy atom. The zero-order chi connectivity index (χ0) is 14.9. The van der Waals surface area contributed by atoms with Crippen molar-refractivity contribution in [3.05, 3.63) is 29.3 Å². The van der Waals surface area contributed by atoms with Gasteiger partial charge in [0.1, 0.15) is 11.9 Å². The molecule has 0 spiro atoms. The summed E-state index contributed by atoms with van der Waals surface area (Å²) in [5.41, 5.74) is 2.63. The van der Waals surface area contributed by atoms with Crippen LogP contribution in [0, 0.1) is 12.8 Å². The highest BCUT2D eigenvalue weighted by Crippen LogP contribution is 2.31. The first kappa shape index (κ1) is 15.4. The van der Waals surface area contributed by atoms with E-state index in [2.05, 4.69) is 52.8 Å². The fourth-order valence-electron chi connectivity index (χ4n) is 2.85. The van der Waals surface area contributed by atoms with Crippen LogP contribution in [0.4, 0.5) is 0 Å². The molecular formula is C18H28O2. The first-order valence-electron chi connectivity index (χ1n) is 7.73. The van der Waals surface area contributed by atoms with Crippen molar-refractivity contribution >= 4 is 0 Å². The second kappa shape index (κ2) is 5.77. The normalized spacial score (nSPS) is 27.4. The van der Waals surface area contributed by atoms with E-state index in [0.717, 1.165) is 30.6 Å². The topological polar surface area (TPSA) is 29.5 Å². The lowest BCUT2D eigenvalue weighted by Gasteiger charge is -2.32. The molecule has 112 valence electrons. The molecule has 1 fully saturated rings. The standard InChI is InChI=1S/C18H28O2/c1-12-6-8-15(19)17(10-12)20-16-9-7-14(11-13(16)2)18(3,4)5/h7,9,11-12,15,17,19H,6,8,10H2,1-5H3. The maximum atomic E-state index is 10.1. The lowest BCUT2D eigenvalue weighted by atomic mass is 9.85. The Bertz CT molecular complexity index is 459. The minimum Gasteiger partial charge on any atom is -0.487 e. The van der Waals surface area contributed by atoms with Gasteiger partial charge in [0.05, 0.1) is 6.10 Å². The molecule has 0 aromatic heterocycles. The Morgan fingerprint density at radius 1 is 1.20 bits per heavy atom. The van der Waals surface area contributed by atoms with Crippen molar-refractivity contribution in [1.29, 1.82) is 0 Å². The number of rotatable bonds is 2. The van der Waals surface area contributed by atoms with Gasteiger partial charge < -0.3 is 9.84 Å². The molecule has 1 aromatic rings. The molecule has 2 rings (SSSR count). The first-order valence-corrected chi connectivity index (χ1v) is 7.73. The average molecular weight is 276 g/mol. The highest BCUT2D eigenvalue weighted by molar-refractivity contribution is 5.39. The van der Waals surface area contributed by atoms with E-state index in [1.807, 2.05) is 0 Å². The van der Waals surface area contributed by atoms with Crippen molar-refractivity contribution in [2.45, 2.75) is 71.5 Å². The average Bonchev–Trinajstić information content (AvgIpc) is 2.35. The third kappa shape index (κ3) is 3.54. The van der Waals surface area contributed by atoms with E-state index >= 15 is 0 Å². The van der Waals surface area contributed by atoms with Gasteiger partial charge in [-0.3, -0.25) is 0 Å². The number of hydrogen-bond donors (Lipinski definition) is 1. The van der Waals surface area contributed by atoms with E-state index in [1.165, 1.54) is 5.56 Å². The van der Waals surface area contributed by atoms with Crippen LogP contribution in [-0.4, -0.2) is 17.3 Å². The van der Waals surface area contributed by atoms with Gasteiger partial charge in [0.25, 0.3) is 0 Å². The molecule has 1 N–H and O–H groups in total. The van der Waals surface area contributed by atoms with Gasteiger partial charge in [-0.05, 0) is 54.7 Å². The van der Waals surface area contributed by atoms with E-state index in [0.29, 0.717) is 5.92 Å². The third-order valence-corrected chi connectivity index (χ3v) is 4.34. The largest absolute Gasteiger partial charge is 0.487 e. The Morgan fingerprint density at radius 2 is 1.90 bits per heavy atom. The Hall–Kier alpha value is -1.02. The Kier molecular flexibility index (Phi) is 4.43. The van der Waals surface area contributed by atoms with E-state index in [4.69, 9.17) is 4.74 Å². The smallest absolute Gasteiger partial charge is 0.125 e. The summed E-state index contributed by atoms with van der Waals surface area (Å²) >= 11 is 0. The van der Waals surface area contributed by atoms with Crippen molar-refractivity contribution in [2.24, 2.45) is 5.92 Å². The minimum absolute atomic E-state index is 0.0575. The van der Waals surface area contributed by atoms with Crippen LogP contribution in [0.15, 0.2) is 18.2 Å². The molecule has 0 bridgehead atoms. The fraction of sp³-hybridized carbons (Fsp3) is 0.667. The van der Waals surface area contributed by atoms with Crippen LogP contribution < -0.4 is 4.74 Å². The quantitative estimate of drug-likeness (QED) is 0.876. The molecule has 0 aliphatic heterocycles. The van der Waals surface area contributed by atoms with Gasteiger partial charge in [0.2, 0.25) is 0 Å². The second-order valence-corrected chi connectivity index (χ2v) is 7.37. The fourth-order valence-corrected chi connectivity index (χ4v) is 2.85. The first-order chi connectivity index (χ1) is 9.27. The van der Waals surface area contributed by atoms with Crippen molar-refractivity contribution in [3.63, 3.8) is 0 Å². The molecule has 0 radical (unpaired) electrons. The maximum absolute atomic E-state index is 10.1. The number of benzene rings is 1. The molecule has 3 unspecified atom stereocenters. The van der Waals surface area contributed by atoms with Crippen molar-refractivity contribution < 1.29 is 9.84 Å². The predicted molar refractivity (Wildman–Crippen MR) is 83.3 cm³/mol. The highest BCUT2D eigenvalue weighted by Gasteiger charge is 2.29. The molecule has 0 amide bonds. The summed E-state index contributed by atoms with van der Waals surface area (Å²) in [6.45, 7) is 11.0. The maximum Gasteiger partial charge on any atom is 0.125 e. The Balaban J connectivity index is 2.13. The number of hydrogen-bond acceptors (Lipinski definition) is 2. The summed E-state index contributed by atoms with van der Waals surface area (Å²) in [6, 6.07) is 6.40. The third-order valence-electron chi connectivity index (χ3n) is 4.34. The zero-order valence-electron chi connectivity index (χ0n) is 13.4. The Labute approximate surface area is 123 Å². The molecule has 0 heterocycles. The SMILES string of the molecule is Cc1cc(C(C)(C)C)ccc1OC1CC(C)CCC1O. The van der Waals surface area contributed by atoms with Gasteiger partial charge in [0.15, 0.2) is 0 Å². The van der Waals surface area contributed by atoms with Gasteiger partial charge in [-0.25, -0.2) is 0 Å². The van der Waals surface area contributed by atoms with E-state index in [-0.39, 0.29) is 17.6 Å². The van der Waals surface area contributed by atoms with Gasteiger partial charge in [0, 0.05) is 0 Å². The summed E-state index contributed by atoms with van der Waals surface area (Å²) in [5.74, 6) is 1.55. The number of aryl methyl sites for hydroxylation is 1. The van der Waals surface area contributed by atoms with Crippen LogP contribution in [0.5, 0.6) is 5.75 Å². The summed E-state index contributed by atoms with van der Waals surface area (Å²) < 4.78 is 6.09. The summed E-state index contributed by atoms with van der Waals surface area (Å²) in [4.78, 5) is 0. The van der Waals surface area contributed by atoms with Gasteiger partial charge in [-0.15, -0.1) is 0 Å². The molecular weight excluding hydrogens is 248 g/mol. The summed E-state index contributed by atoms with van der Waals surface area (Å²) in [7, 11) is 0. The molecule has 20 heavy (non-hydrogen) atoms.